The first-order valence-electron chi connectivity index (χ1n) is 6.00. The van der Waals surface area contributed by atoms with Gasteiger partial charge in [0, 0.05) is 35.2 Å². The molecule has 1 aromatic rings. The molecule has 2 N–H and O–H groups in total. The summed E-state index contributed by atoms with van der Waals surface area (Å²) in [6, 6.07) is 5.99. The van der Waals surface area contributed by atoms with Gasteiger partial charge in [-0.25, -0.2) is 4.39 Å². The number of nitrogens with two attached hydrogens (primary N) is 1. The predicted octanol–water partition coefficient (Wildman–Crippen LogP) is 2.90. The molecule has 4 heteroatoms. The quantitative estimate of drug-likeness (QED) is 0.910. The van der Waals surface area contributed by atoms with Crippen LogP contribution in [0.25, 0.3) is 0 Å². The van der Waals surface area contributed by atoms with Gasteiger partial charge in [0.2, 0.25) is 0 Å². The van der Waals surface area contributed by atoms with Crippen molar-refractivity contribution < 1.29 is 4.39 Å². The lowest BCUT2D eigenvalue weighted by Gasteiger charge is -2.36. The Balaban J connectivity index is 2.05. The van der Waals surface area contributed by atoms with Gasteiger partial charge in [-0.05, 0) is 31.9 Å². The Kier molecular flexibility index (Phi) is 4.17. The molecule has 1 aromatic carbocycles. The van der Waals surface area contributed by atoms with Crippen molar-refractivity contribution in [1.29, 1.82) is 0 Å². The van der Waals surface area contributed by atoms with E-state index in [1.165, 1.54) is 6.07 Å². The van der Waals surface area contributed by atoms with Gasteiger partial charge in [0.25, 0.3) is 0 Å². The van der Waals surface area contributed by atoms with E-state index in [1.54, 1.807) is 0 Å². The van der Waals surface area contributed by atoms with E-state index in [9.17, 15) is 4.39 Å². The van der Waals surface area contributed by atoms with Crippen LogP contribution in [0.1, 0.15) is 25.3 Å². The smallest absolute Gasteiger partial charge is 0.128 e. The molecule has 17 heavy (non-hydrogen) atoms. The van der Waals surface area contributed by atoms with Gasteiger partial charge in [0.15, 0.2) is 0 Å². The van der Waals surface area contributed by atoms with Gasteiger partial charge in [-0.1, -0.05) is 22.0 Å². The maximum absolute atomic E-state index is 13.7. The fourth-order valence-electron chi connectivity index (χ4n) is 2.36. The molecular weight excluding hydrogens is 283 g/mol. The minimum atomic E-state index is -0.138. The molecule has 1 fully saturated rings. The van der Waals surface area contributed by atoms with Crippen molar-refractivity contribution in [2.75, 3.05) is 6.54 Å². The molecule has 1 heterocycles. The van der Waals surface area contributed by atoms with Crippen LogP contribution in [0.3, 0.4) is 0 Å². The monoisotopic (exact) mass is 300 g/mol. The van der Waals surface area contributed by atoms with Gasteiger partial charge >= 0.3 is 0 Å². The third kappa shape index (κ3) is 3.27. The van der Waals surface area contributed by atoms with Crippen molar-refractivity contribution >= 4 is 15.9 Å². The Labute approximate surface area is 110 Å². The summed E-state index contributed by atoms with van der Waals surface area (Å²) in [6.45, 7) is 3.79. The predicted molar refractivity (Wildman–Crippen MR) is 71.2 cm³/mol. The Morgan fingerprint density at radius 3 is 2.94 bits per heavy atom. The van der Waals surface area contributed by atoms with E-state index in [2.05, 4.69) is 27.8 Å². The third-order valence-electron chi connectivity index (χ3n) is 3.44. The second-order valence-electron chi connectivity index (χ2n) is 4.84. The number of hydrogen-bond donors (Lipinski definition) is 1. The number of nitrogens with zero attached hydrogens (tertiary/aromatic N) is 1. The summed E-state index contributed by atoms with van der Waals surface area (Å²) in [5, 5.41) is 0. The SMILES string of the molecule is CC1CC(N)CCN1Cc1ccc(Br)cc1F. The summed E-state index contributed by atoms with van der Waals surface area (Å²) in [7, 11) is 0. The van der Waals surface area contributed by atoms with E-state index < -0.39 is 0 Å². The van der Waals surface area contributed by atoms with Gasteiger partial charge in [-0.2, -0.15) is 0 Å². The minimum Gasteiger partial charge on any atom is -0.328 e. The molecule has 2 nitrogen and oxygen atoms in total. The Hall–Kier alpha value is -0.450. The molecule has 94 valence electrons. The van der Waals surface area contributed by atoms with Crippen molar-refractivity contribution in [2.24, 2.45) is 5.73 Å². The van der Waals surface area contributed by atoms with Crippen LogP contribution in [0, 0.1) is 5.82 Å². The number of likely N-dealkylation sites (tertiary alicyclic amines) is 1. The number of halogens is 2. The van der Waals surface area contributed by atoms with E-state index in [-0.39, 0.29) is 5.82 Å². The summed E-state index contributed by atoms with van der Waals surface area (Å²) in [4.78, 5) is 2.30. The zero-order chi connectivity index (χ0) is 12.4. The van der Waals surface area contributed by atoms with Gasteiger partial charge in [0.1, 0.15) is 5.82 Å². The molecule has 2 atom stereocenters. The highest BCUT2D eigenvalue weighted by Gasteiger charge is 2.23. The van der Waals surface area contributed by atoms with Crippen molar-refractivity contribution in [3.8, 4) is 0 Å². The van der Waals surface area contributed by atoms with E-state index in [1.807, 2.05) is 12.1 Å². The Morgan fingerprint density at radius 1 is 1.53 bits per heavy atom. The molecule has 0 aromatic heterocycles. The van der Waals surface area contributed by atoms with E-state index in [0.717, 1.165) is 29.4 Å². The van der Waals surface area contributed by atoms with Crippen molar-refractivity contribution in [3.63, 3.8) is 0 Å². The van der Waals surface area contributed by atoms with Crippen LogP contribution in [-0.2, 0) is 6.54 Å². The fraction of sp³-hybridized carbons (Fsp3) is 0.538. The second kappa shape index (κ2) is 5.46. The number of piperidine rings is 1. The van der Waals surface area contributed by atoms with E-state index in [4.69, 9.17) is 5.73 Å². The largest absolute Gasteiger partial charge is 0.328 e. The van der Waals surface area contributed by atoms with Gasteiger partial charge < -0.3 is 5.73 Å². The maximum Gasteiger partial charge on any atom is 0.128 e. The van der Waals surface area contributed by atoms with Gasteiger partial charge in [-0.15, -0.1) is 0 Å². The number of benzene rings is 1. The zero-order valence-electron chi connectivity index (χ0n) is 10.00. The zero-order valence-corrected chi connectivity index (χ0v) is 11.6. The van der Waals surface area contributed by atoms with Crippen molar-refractivity contribution in [3.05, 3.63) is 34.1 Å². The second-order valence-corrected chi connectivity index (χ2v) is 5.76. The molecule has 0 saturated carbocycles. The van der Waals surface area contributed by atoms with Crippen LogP contribution in [0.4, 0.5) is 4.39 Å². The highest BCUT2D eigenvalue weighted by Crippen LogP contribution is 2.21. The van der Waals surface area contributed by atoms with Crippen LogP contribution in [0.5, 0.6) is 0 Å². The topological polar surface area (TPSA) is 29.3 Å². The Bertz CT molecular complexity index is 397. The molecule has 1 aliphatic heterocycles. The lowest BCUT2D eigenvalue weighted by Crippen LogP contribution is -2.45. The van der Waals surface area contributed by atoms with Crippen LogP contribution >= 0.6 is 15.9 Å². The van der Waals surface area contributed by atoms with Gasteiger partial charge in [0.05, 0.1) is 0 Å². The standard InChI is InChI=1S/C13H18BrFN2/c1-9-6-12(16)4-5-17(9)8-10-2-3-11(14)7-13(10)15/h2-3,7,9,12H,4-6,8,16H2,1H3. The minimum absolute atomic E-state index is 0.138. The first kappa shape index (κ1) is 13.0. The molecular formula is C13H18BrFN2. The summed E-state index contributed by atoms with van der Waals surface area (Å²) in [6.07, 6.45) is 2.00. The third-order valence-corrected chi connectivity index (χ3v) is 3.94. The summed E-state index contributed by atoms with van der Waals surface area (Å²) < 4.78 is 14.5. The average molecular weight is 301 g/mol. The maximum atomic E-state index is 13.7. The molecule has 0 bridgehead atoms. The van der Waals surface area contributed by atoms with Gasteiger partial charge in [-0.3, -0.25) is 4.90 Å². The first-order chi connectivity index (χ1) is 8.06. The molecule has 2 rings (SSSR count). The highest BCUT2D eigenvalue weighted by molar-refractivity contribution is 9.10. The lowest BCUT2D eigenvalue weighted by molar-refractivity contribution is 0.138. The summed E-state index contributed by atoms with van der Waals surface area (Å²) >= 11 is 3.27. The molecule has 0 radical (unpaired) electrons. The molecule has 0 amide bonds. The summed E-state index contributed by atoms with van der Waals surface area (Å²) in [5.74, 6) is -0.138. The summed E-state index contributed by atoms with van der Waals surface area (Å²) in [5.41, 5.74) is 6.68. The molecule has 1 saturated heterocycles. The lowest BCUT2D eigenvalue weighted by atomic mass is 9.98. The number of hydrogen-bond acceptors (Lipinski definition) is 2. The van der Waals surface area contributed by atoms with E-state index >= 15 is 0 Å². The normalized spacial score (nSPS) is 26.1. The van der Waals surface area contributed by atoms with Crippen LogP contribution < -0.4 is 5.73 Å². The average Bonchev–Trinajstić information content (AvgIpc) is 2.25. The van der Waals surface area contributed by atoms with Crippen LogP contribution in [-0.4, -0.2) is 23.5 Å². The molecule has 0 spiro atoms. The van der Waals surface area contributed by atoms with Crippen molar-refractivity contribution in [2.45, 2.75) is 38.4 Å². The van der Waals surface area contributed by atoms with Crippen molar-refractivity contribution in [1.82, 2.24) is 4.90 Å². The molecule has 1 aliphatic rings. The van der Waals surface area contributed by atoms with Crippen LogP contribution in [0.2, 0.25) is 0 Å². The first-order valence-corrected chi connectivity index (χ1v) is 6.79. The fourth-order valence-corrected chi connectivity index (χ4v) is 2.69. The Morgan fingerprint density at radius 2 is 2.29 bits per heavy atom. The molecule has 2 unspecified atom stereocenters. The highest BCUT2D eigenvalue weighted by atomic mass is 79.9. The van der Waals surface area contributed by atoms with Crippen LogP contribution in [0.15, 0.2) is 22.7 Å². The number of rotatable bonds is 2. The van der Waals surface area contributed by atoms with E-state index in [0.29, 0.717) is 18.6 Å². The molecule has 0 aliphatic carbocycles.